The van der Waals surface area contributed by atoms with Crippen LogP contribution in [0, 0.1) is 10.1 Å². The Morgan fingerprint density at radius 3 is 2.84 bits per heavy atom. The molecule has 134 valence electrons. The summed E-state index contributed by atoms with van der Waals surface area (Å²) in [5.41, 5.74) is 1.56. The van der Waals surface area contributed by atoms with Crippen molar-refractivity contribution in [3.63, 3.8) is 0 Å². The van der Waals surface area contributed by atoms with Crippen LogP contribution in [0.5, 0.6) is 0 Å². The maximum Gasteiger partial charge on any atom is 0.338 e. The van der Waals surface area contributed by atoms with Gasteiger partial charge in [0.2, 0.25) is 0 Å². The van der Waals surface area contributed by atoms with Crippen LogP contribution in [0.4, 0.5) is 5.69 Å². The molecule has 2 rings (SSSR count). The van der Waals surface area contributed by atoms with Crippen molar-refractivity contribution in [2.45, 2.75) is 39.3 Å². The number of thioether (sulfide) groups is 1. The predicted octanol–water partition coefficient (Wildman–Crippen LogP) is 3.57. The topological polar surface area (TPSA) is 93.8 Å². The van der Waals surface area contributed by atoms with E-state index in [2.05, 4.69) is 10.3 Å². The Bertz CT molecular complexity index is 745. The number of hydrogen-bond acceptors (Lipinski definition) is 7. The fraction of sp³-hybridized carbons (Fsp3) is 0.412. The maximum absolute atomic E-state index is 12.6. The number of carbonyl (C=O) groups is 1. The van der Waals surface area contributed by atoms with Crippen molar-refractivity contribution in [2.75, 3.05) is 6.26 Å². The molecule has 0 amide bonds. The number of amidine groups is 1. The standard InChI is InChI=1S/C17H21N3O4S/c1-5-10(2)24-16(21)14-11(3)18-17(25-4)19-15(14)12-7-6-8-13(9-12)20(22)23/h6-10,15H,5H2,1-4H3,(H,18,19). The van der Waals surface area contributed by atoms with E-state index in [4.69, 9.17) is 4.74 Å². The molecule has 0 bridgehead atoms. The molecule has 1 aliphatic rings. The lowest BCUT2D eigenvalue weighted by Gasteiger charge is -2.26. The highest BCUT2D eigenvalue weighted by Gasteiger charge is 2.31. The van der Waals surface area contributed by atoms with Gasteiger partial charge >= 0.3 is 5.97 Å². The third-order valence-electron chi connectivity index (χ3n) is 3.91. The first-order valence-electron chi connectivity index (χ1n) is 7.92. The number of nitro groups is 1. The molecule has 8 heteroatoms. The van der Waals surface area contributed by atoms with Gasteiger partial charge in [-0.05, 0) is 32.1 Å². The van der Waals surface area contributed by atoms with E-state index in [1.807, 2.05) is 20.1 Å². The van der Waals surface area contributed by atoms with Crippen molar-refractivity contribution < 1.29 is 14.5 Å². The summed E-state index contributed by atoms with van der Waals surface area (Å²) >= 11 is 1.41. The first-order valence-corrected chi connectivity index (χ1v) is 9.14. The molecule has 25 heavy (non-hydrogen) atoms. The van der Waals surface area contributed by atoms with Crippen molar-refractivity contribution >= 4 is 28.6 Å². The summed E-state index contributed by atoms with van der Waals surface area (Å²) in [5.74, 6) is -0.459. The number of non-ortho nitro benzene ring substituents is 1. The Kier molecular flexibility index (Phi) is 6.19. The van der Waals surface area contributed by atoms with Gasteiger partial charge in [0, 0.05) is 17.8 Å². The molecule has 1 aromatic carbocycles. The third-order valence-corrected chi connectivity index (χ3v) is 4.51. The molecular formula is C17H21N3O4S. The van der Waals surface area contributed by atoms with Crippen LogP contribution in [0.15, 0.2) is 40.5 Å². The highest BCUT2D eigenvalue weighted by molar-refractivity contribution is 8.13. The molecule has 1 heterocycles. The molecular weight excluding hydrogens is 342 g/mol. The van der Waals surface area contributed by atoms with E-state index >= 15 is 0 Å². The zero-order chi connectivity index (χ0) is 18.6. The molecule has 0 fully saturated rings. The van der Waals surface area contributed by atoms with E-state index in [1.165, 1.54) is 23.9 Å². The Morgan fingerprint density at radius 2 is 2.24 bits per heavy atom. The van der Waals surface area contributed by atoms with Crippen LogP contribution in [0.2, 0.25) is 0 Å². The number of carbonyl (C=O) groups excluding carboxylic acids is 1. The van der Waals surface area contributed by atoms with Crippen LogP contribution in [-0.4, -0.2) is 28.4 Å². The number of aliphatic imine (C=N–C) groups is 1. The van der Waals surface area contributed by atoms with Crippen molar-refractivity contribution in [3.05, 3.63) is 51.2 Å². The smallest absolute Gasteiger partial charge is 0.338 e. The molecule has 0 aromatic heterocycles. The maximum atomic E-state index is 12.6. The Labute approximate surface area is 150 Å². The molecule has 0 saturated heterocycles. The summed E-state index contributed by atoms with van der Waals surface area (Å²) < 4.78 is 5.46. The van der Waals surface area contributed by atoms with Gasteiger partial charge in [-0.15, -0.1) is 0 Å². The molecule has 0 aliphatic carbocycles. The van der Waals surface area contributed by atoms with Gasteiger partial charge in [0.05, 0.1) is 16.6 Å². The normalized spacial score (nSPS) is 18.2. The minimum atomic E-state index is -0.639. The number of nitro benzene ring substituents is 1. The molecule has 1 aliphatic heterocycles. The van der Waals surface area contributed by atoms with Gasteiger partial charge in [-0.2, -0.15) is 0 Å². The van der Waals surface area contributed by atoms with Crippen LogP contribution in [-0.2, 0) is 9.53 Å². The lowest BCUT2D eigenvalue weighted by molar-refractivity contribution is -0.384. The predicted molar refractivity (Wildman–Crippen MR) is 98.5 cm³/mol. The highest BCUT2D eigenvalue weighted by Crippen LogP contribution is 2.34. The Morgan fingerprint density at radius 1 is 1.52 bits per heavy atom. The molecule has 0 spiro atoms. The summed E-state index contributed by atoms with van der Waals surface area (Å²) in [5, 5.41) is 14.8. The molecule has 7 nitrogen and oxygen atoms in total. The zero-order valence-corrected chi connectivity index (χ0v) is 15.4. The second kappa shape index (κ2) is 8.15. The molecule has 2 unspecified atom stereocenters. The highest BCUT2D eigenvalue weighted by atomic mass is 32.2. The number of hydrogen-bond donors (Lipinski definition) is 1. The fourth-order valence-corrected chi connectivity index (χ4v) is 2.86. The minimum Gasteiger partial charge on any atom is -0.459 e. The molecule has 1 N–H and O–H groups in total. The van der Waals surface area contributed by atoms with E-state index in [-0.39, 0.29) is 11.8 Å². The zero-order valence-electron chi connectivity index (χ0n) is 14.6. The Balaban J connectivity index is 2.47. The van der Waals surface area contributed by atoms with Crippen LogP contribution in [0.3, 0.4) is 0 Å². The van der Waals surface area contributed by atoms with E-state index < -0.39 is 16.9 Å². The number of nitrogens with one attached hydrogen (secondary N) is 1. The van der Waals surface area contributed by atoms with Gasteiger partial charge in [-0.1, -0.05) is 30.8 Å². The van der Waals surface area contributed by atoms with Crippen LogP contribution in [0.25, 0.3) is 0 Å². The molecule has 2 atom stereocenters. The lowest BCUT2D eigenvalue weighted by Crippen LogP contribution is -2.31. The summed E-state index contributed by atoms with van der Waals surface area (Å²) in [7, 11) is 0. The largest absolute Gasteiger partial charge is 0.459 e. The van der Waals surface area contributed by atoms with Gasteiger partial charge in [0.15, 0.2) is 5.17 Å². The van der Waals surface area contributed by atoms with Crippen LogP contribution in [0.1, 0.15) is 38.8 Å². The van der Waals surface area contributed by atoms with Crippen LogP contribution < -0.4 is 5.32 Å². The van der Waals surface area contributed by atoms with Crippen molar-refractivity contribution in [1.82, 2.24) is 5.32 Å². The summed E-state index contributed by atoms with van der Waals surface area (Å²) in [6.07, 6.45) is 2.35. The van der Waals surface area contributed by atoms with E-state index in [9.17, 15) is 14.9 Å². The number of ether oxygens (including phenoxy) is 1. The summed E-state index contributed by atoms with van der Waals surface area (Å²) in [4.78, 5) is 27.8. The van der Waals surface area contributed by atoms with Gasteiger partial charge < -0.3 is 10.1 Å². The average Bonchev–Trinajstić information content (AvgIpc) is 2.60. The monoisotopic (exact) mass is 363 g/mol. The van der Waals surface area contributed by atoms with Crippen molar-refractivity contribution in [2.24, 2.45) is 4.99 Å². The molecule has 1 aromatic rings. The third kappa shape index (κ3) is 4.39. The average molecular weight is 363 g/mol. The number of allylic oxidation sites excluding steroid dienone is 1. The second-order valence-corrected chi connectivity index (χ2v) is 6.48. The number of benzene rings is 1. The first kappa shape index (κ1) is 19.0. The van der Waals surface area contributed by atoms with Crippen molar-refractivity contribution in [3.8, 4) is 0 Å². The number of nitrogens with zero attached hydrogens (tertiary/aromatic N) is 2. The minimum absolute atomic E-state index is 0.0377. The lowest BCUT2D eigenvalue weighted by atomic mass is 9.96. The van der Waals surface area contributed by atoms with E-state index in [0.717, 1.165) is 0 Å². The van der Waals surface area contributed by atoms with E-state index in [1.54, 1.807) is 19.1 Å². The second-order valence-electron chi connectivity index (χ2n) is 5.68. The first-order chi connectivity index (χ1) is 11.9. The van der Waals surface area contributed by atoms with Gasteiger partial charge in [0.25, 0.3) is 5.69 Å². The summed E-state index contributed by atoms with van der Waals surface area (Å²) in [6, 6.07) is 5.55. The van der Waals surface area contributed by atoms with Crippen molar-refractivity contribution in [1.29, 1.82) is 0 Å². The summed E-state index contributed by atoms with van der Waals surface area (Å²) in [6.45, 7) is 5.53. The SMILES string of the molecule is CCC(C)OC(=O)C1=C(C)NC(SC)=NC1c1cccc([N+](=O)[O-])c1. The number of esters is 1. The Hall–Kier alpha value is -2.35. The number of rotatable bonds is 5. The molecule has 0 radical (unpaired) electrons. The molecule has 0 saturated carbocycles. The van der Waals surface area contributed by atoms with E-state index in [0.29, 0.717) is 28.4 Å². The fourth-order valence-electron chi connectivity index (χ4n) is 2.39. The van der Waals surface area contributed by atoms with Gasteiger partial charge in [0.1, 0.15) is 6.04 Å². The van der Waals surface area contributed by atoms with Gasteiger partial charge in [-0.3, -0.25) is 10.1 Å². The van der Waals surface area contributed by atoms with Crippen LogP contribution >= 0.6 is 11.8 Å². The quantitative estimate of drug-likeness (QED) is 0.488. The van der Waals surface area contributed by atoms with Gasteiger partial charge in [-0.25, -0.2) is 9.79 Å².